The van der Waals surface area contributed by atoms with E-state index >= 15 is 0 Å². The van der Waals surface area contributed by atoms with Crippen LogP contribution in [-0.4, -0.2) is 26.2 Å². The maximum absolute atomic E-state index is 5.89. The Labute approximate surface area is 78.3 Å². The molecule has 1 aromatic rings. The third-order valence-corrected chi connectivity index (χ3v) is 2.11. The Morgan fingerprint density at radius 2 is 2.15 bits per heavy atom. The molecule has 1 atom stereocenters. The molecule has 0 amide bonds. The molecule has 0 saturated heterocycles. The van der Waals surface area contributed by atoms with E-state index in [1.807, 2.05) is 0 Å². The summed E-state index contributed by atoms with van der Waals surface area (Å²) in [5.41, 5.74) is 5.89. The van der Waals surface area contributed by atoms with Crippen LogP contribution >= 0.6 is 0 Å². The molecular weight excluding hydrogens is 166 g/mol. The highest BCUT2D eigenvalue weighted by atomic mass is 15.6. The summed E-state index contributed by atoms with van der Waals surface area (Å²) in [4.78, 5) is 1.47. The Morgan fingerprint density at radius 1 is 1.46 bits per heavy atom. The number of nitrogens with zero attached hydrogens (tertiary/aromatic N) is 4. The third kappa shape index (κ3) is 3.10. The second-order valence-corrected chi connectivity index (χ2v) is 3.64. The largest absolute Gasteiger partial charge is 0.327 e. The SMILES string of the molecule is CC(C)C(N)CCc1nnn(C)n1. The van der Waals surface area contributed by atoms with E-state index in [9.17, 15) is 0 Å². The van der Waals surface area contributed by atoms with Crippen molar-refractivity contribution in [3.8, 4) is 0 Å². The van der Waals surface area contributed by atoms with E-state index < -0.39 is 0 Å². The molecule has 0 aromatic carbocycles. The van der Waals surface area contributed by atoms with Crippen LogP contribution in [0, 0.1) is 5.92 Å². The second-order valence-electron chi connectivity index (χ2n) is 3.64. The second kappa shape index (κ2) is 4.32. The Hall–Kier alpha value is -0.970. The van der Waals surface area contributed by atoms with Gasteiger partial charge in [0.15, 0.2) is 5.82 Å². The number of hydrogen-bond acceptors (Lipinski definition) is 4. The minimum Gasteiger partial charge on any atom is -0.327 e. The van der Waals surface area contributed by atoms with Crippen LogP contribution in [0.4, 0.5) is 0 Å². The molecule has 0 aliphatic rings. The molecular formula is C8H17N5. The maximum Gasteiger partial charge on any atom is 0.174 e. The molecule has 0 aliphatic carbocycles. The zero-order valence-corrected chi connectivity index (χ0v) is 8.44. The van der Waals surface area contributed by atoms with Gasteiger partial charge in [-0.25, -0.2) is 0 Å². The van der Waals surface area contributed by atoms with E-state index in [0.717, 1.165) is 18.7 Å². The zero-order valence-electron chi connectivity index (χ0n) is 8.44. The van der Waals surface area contributed by atoms with Gasteiger partial charge in [0.1, 0.15) is 0 Å². The molecule has 0 spiro atoms. The summed E-state index contributed by atoms with van der Waals surface area (Å²) >= 11 is 0. The molecule has 5 heteroatoms. The topological polar surface area (TPSA) is 69.6 Å². The van der Waals surface area contributed by atoms with Crippen molar-refractivity contribution in [2.45, 2.75) is 32.7 Å². The van der Waals surface area contributed by atoms with Crippen LogP contribution in [0.3, 0.4) is 0 Å². The highest BCUT2D eigenvalue weighted by Crippen LogP contribution is 2.05. The standard InChI is InChI=1S/C8H17N5/c1-6(2)7(9)4-5-8-10-12-13(3)11-8/h6-7H,4-5,9H2,1-3H3. The summed E-state index contributed by atoms with van der Waals surface area (Å²) in [6, 6.07) is 0.226. The van der Waals surface area contributed by atoms with Gasteiger partial charge in [0.05, 0.1) is 7.05 Å². The summed E-state index contributed by atoms with van der Waals surface area (Å²) in [5, 5.41) is 11.7. The molecule has 1 aromatic heterocycles. The fourth-order valence-corrected chi connectivity index (χ4v) is 1.05. The number of aromatic nitrogens is 4. The molecule has 1 heterocycles. The lowest BCUT2D eigenvalue weighted by molar-refractivity contribution is 0.460. The van der Waals surface area contributed by atoms with Crippen molar-refractivity contribution in [2.75, 3.05) is 0 Å². The van der Waals surface area contributed by atoms with Crippen LogP contribution in [0.15, 0.2) is 0 Å². The predicted molar refractivity (Wildman–Crippen MR) is 49.9 cm³/mol. The van der Waals surface area contributed by atoms with Gasteiger partial charge in [-0.15, -0.1) is 10.2 Å². The van der Waals surface area contributed by atoms with Crippen molar-refractivity contribution >= 4 is 0 Å². The van der Waals surface area contributed by atoms with Gasteiger partial charge < -0.3 is 5.73 Å². The molecule has 0 saturated carbocycles. The minimum absolute atomic E-state index is 0.226. The fourth-order valence-electron chi connectivity index (χ4n) is 1.05. The molecule has 5 nitrogen and oxygen atoms in total. The lowest BCUT2D eigenvalue weighted by Crippen LogP contribution is -2.26. The van der Waals surface area contributed by atoms with Crippen LogP contribution < -0.4 is 5.73 Å². The van der Waals surface area contributed by atoms with Gasteiger partial charge in [-0.3, -0.25) is 0 Å². The van der Waals surface area contributed by atoms with Crippen molar-refractivity contribution in [3.63, 3.8) is 0 Å². The highest BCUT2D eigenvalue weighted by Gasteiger charge is 2.09. The van der Waals surface area contributed by atoms with Gasteiger partial charge in [-0.1, -0.05) is 13.8 Å². The number of tetrazole rings is 1. The van der Waals surface area contributed by atoms with Gasteiger partial charge in [-0.2, -0.15) is 4.80 Å². The summed E-state index contributed by atoms with van der Waals surface area (Å²) in [6.45, 7) is 4.24. The number of aryl methyl sites for hydroxylation is 2. The van der Waals surface area contributed by atoms with Gasteiger partial charge in [0.2, 0.25) is 0 Å². The van der Waals surface area contributed by atoms with E-state index in [1.54, 1.807) is 7.05 Å². The van der Waals surface area contributed by atoms with Gasteiger partial charge in [0, 0.05) is 12.5 Å². The summed E-state index contributed by atoms with van der Waals surface area (Å²) in [6.07, 6.45) is 1.73. The average molecular weight is 183 g/mol. The van der Waals surface area contributed by atoms with Crippen LogP contribution in [0.2, 0.25) is 0 Å². The molecule has 0 radical (unpaired) electrons. The molecule has 0 aliphatic heterocycles. The Kier molecular flexibility index (Phi) is 3.36. The Bertz CT molecular complexity index is 255. The molecule has 0 bridgehead atoms. The van der Waals surface area contributed by atoms with Gasteiger partial charge in [0.25, 0.3) is 0 Å². The summed E-state index contributed by atoms with van der Waals surface area (Å²) < 4.78 is 0. The number of rotatable bonds is 4. The molecule has 74 valence electrons. The van der Waals surface area contributed by atoms with Crippen LogP contribution in [-0.2, 0) is 13.5 Å². The monoisotopic (exact) mass is 183 g/mol. The van der Waals surface area contributed by atoms with E-state index in [4.69, 9.17) is 5.73 Å². The number of hydrogen-bond donors (Lipinski definition) is 1. The Balaban J connectivity index is 2.35. The quantitative estimate of drug-likeness (QED) is 0.720. The highest BCUT2D eigenvalue weighted by molar-refractivity contribution is 4.79. The van der Waals surface area contributed by atoms with E-state index in [2.05, 4.69) is 29.3 Å². The van der Waals surface area contributed by atoms with E-state index in [0.29, 0.717) is 5.92 Å². The molecule has 1 unspecified atom stereocenters. The lowest BCUT2D eigenvalue weighted by atomic mass is 10.0. The van der Waals surface area contributed by atoms with Crippen molar-refractivity contribution in [3.05, 3.63) is 5.82 Å². The first-order valence-electron chi connectivity index (χ1n) is 4.58. The summed E-state index contributed by atoms with van der Waals surface area (Å²) in [7, 11) is 1.76. The normalized spacial score (nSPS) is 13.6. The molecule has 13 heavy (non-hydrogen) atoms. The van der Waals surface area contributed by atoms with E-state index in [-0.39, 0.29) is 6.04 Å². The first kappa shape index (κ1) is 10.1. The first-order valence-corrected chi connectivity index (χ1v) is 4.58. The van der Waals surface area contributed by atoms with Crippen LogP contribution in [0.5, 0.6) is 0 Å². The first-order chi connectivity index (χ1) is 6.09. The molecule has 1 rings (SSSR count). The molecule has 2 N–H and O–H groups in total. The molecule has 0 fully saturated rings. The van der Waals surface area contributed by atoms with Crippen LogP contribution in [0.25, 0.3) is 0 Å². The van der Waals surface area contributed by atoms with E-state index in [1.165, 1.54) is 4.80 Å². The van der Waals surface area contributed by atoms with Crippen LogP contribution in [0.1, 0.15) is 26.1 Å². The summed E-state index contributed by atoms with van der Waals surface area (Å²) in [5.74, 6) is 1.29. The lowest BCUT2D eigenvalue weighted by Gasteiger charge is -2.13. The van der Waals surface area contributed by atoms with Gasteiger partial charge in [-0.05, 0) is 17.6 Å². The van der Waals surface area contributed by atoms with Crippen molar-refractivity contribution in [2.24, 2.45) is 18.7 Å². The zero-order chi connectivity index (χ0) is 9.84. The van der Waals surface area contributed by atoms with Gasteiger partial charge >= 0.3 is 0 Å². The minimum atomic E-state index is 0.226. The number of nitrogens with two attached hydrogens (primary N) is 1. The average Bonchev–Trinajstić information content (AvgIpc) is 2.47. The smallest absolute Gasteiger partial charge is 0.174 e. The Morgan fingerprint density at radius 3 is 2.62 bits per heavy atom. The van der Waals surface area contributed by atoms with Crippen molar-refractivity contribution in [1.29, 1.82) is 0 Å². The fraction of sp³-hybridized carbons (Fsp3) is 0.875. The predicted octanol–water partition coefficient (Wildman–Crippen LogP) is 0.126. The van der Waals surface area contributed by atoms with Crippen molar-refractivity contribution < 1.29 is 0 Å². The third-order valence-electron chi connectivity index (χ3n) is 2.11. The van der Waals surface area contributed by atoms with Crippen molar-refractivity contribution in [1.82, 2.24) is 20.2 Å². The maximum atomic E-state index is 5.89.